The Morgan fingerprint density at radius 2 is 1.81 bits per heavy atom. The van der Waals surface area contributed by atoms with E-state index < -0.39 is 0 Å². The van der Waals surface area contributed by atoms with E-state index in [4.69, 9.17) is 0 Å². The van der Waals surface area contributed by atoms with Crippen molar-refractivity contribution in [1.29, 1.82) is 0 Å². The Morgan fingerprint density at radius 3 is 2.59 bits per heavy atom. The molecule has 2 aliphatic carbocycles. The molecule has 2 aliphatic rings. The number of unbranched alkanes of at least 4 members (excludes halogenated alkanes) is 1. The minimum atomic E-state index is 0.141. The van der Waals surface area contributed by atoms with Gasteiger partial charge in [0.1, 0.15) is 11.5 Å². The Labute approximate surface area is 162 Å². The lowest BCUT2D eigenvalue weighted by molar-refractivity contribution is 0.186. The molecular weight excluding hydrogens is 332 g/mol. The molecule has 0 amide bonds. The highest BCUT2D eigenvalue weighted by Gasteiger charge is 2.46. The average Bonchev–Trinajstić information content (AvgIpc) is 2.68. The summed E-state index contributed by atoms with van der Waals surface area (Å²) in [5.41, 5.74) is 5.84. The maximum atomic E-state index is 9.99. The minimum absolute atomic E-state index is 0.141. The van der Waals surface area contributed by atoms with Gasteiger partial charge in [0.2, 0.25) is 0 Å². The second-order valence-corrected chi connectivity index (χ2v) is 8.43. The van der Waals surface area contributed by atoms with Gasteiger partial charge in [-0.15, -0.1) is 0 Å². The summed E-state index contributed by atoms with van der Waals surface area (Å²) in [7, 11) is 0. The van der Waals surface area contributed by atoms with Crippen LogP contribution in [0.5, 0.6) is 11.5 Å². The lowest BCUT2D eigenvalue weighted by atomic mass is 9.54. The SMILES string of the molecule is CCCC=C1CC[C@@]2(Cc3ccc(O)cc3)c3ccc(O)cc3CCC2C1. The van der Waals surface area contributed by atoms with Gasteiger partial charge in [-0.05, 0) is 91.8 Å². The molecule has 0 aliphatic heterocycles. The number of phenolic OH excluding ortho intramolecular Hbond substituents is 2. The zero-order valence-corrected chi connectivity index (χ0v) is 16.2. The van der Waals surface area contributed by atoms with Crippen LogP contribution in [-0.4, -0.2) is 10.2 Å². The summed E-state index contributed by atoms with van der Waals surface area (Å²) in [5, 5.41) is 19.7. The van der Waals surface area contributed by atoms with Crippen molar-refractivity contribution in [2.45, 2.75) is 63.7 Å². The monoisotopic (exact) mass is 362 g/mol. The topological polar surface area (TPSA) is 40.5 Å². The molecule has 2 atom stereocenters. The fraction of sp³-hybridized carbons (Fsp3) is 0.440. The first-order chi connectivity index (χ1) is 13.1. The van der Waals surface area contributed by atoms with E-state index >= 15 is 0 Å². The second kappa shape index (κ2) is 7.42. The molecule has 1 fully saturated rings. The van der Waals surface area contributed by atoms with Gasteiger partial charge in [0.15, 0.2) is 0 Å². The molecule has 0 spiro atoms. The average molecular weight is 363 g/mol. The predicted molar refractivity (Wildman–Crippen MR) is 110 cm³/mol. The quantitative estimate of drug-likeness (QED) is 0.650. The summed E-state index contributed by atoms with van der Waals surface area (Å²) < 4.78 is 0. The van der Waals surface area contributed by atoms with Gasteiger partial charge in [-0.2, -0.15) is 0 Å². The lowest BCUT2D eigenvalue weighted by Crippen LogP contribution is -2.44. The minimum Gasteiger partial charge on any atom is -0.508 e. The predicted octanol–water partition coefficient (Wildman–Crippen LogP) is 6.05. The number of allylic oxidation sites excluding steroid dienone is 2. The van der Waals surface area contributed by atoms with Crippen molar-refractivity contribution in [1.82, 2.24) is 0 Å². The van der Waals surface area contributed by atoms with E-state index in [2.05, 4.69) is 31.2 Å². The number of hydrogen-bond acceptors (Lipinski definition) is 2. The van der Waals surface area contributed by atoms with Crippen molar-refractivity contribution in [3.05, 3.63) is 70.8 Å². The van der Waals surface area contributed by atoms with Gasteiger partial charge >= 0.3 is 0 Å². The molecule has 0 heterocycles. The number of hydrogen-bond donors (Lipinski definition) is 2. The van der Waals surface area contributed by atoms with E-state index in [0.29, 0.717) is 17.4 Å². The zero-order valence-electron chi connectivity index (χ0n) is 16.2. The summed E-state index contributed by atoms with van der Waals surface area (Å²) in [6.45, 7) is 2.25. The molecule has 2 N–H and O–H groups in total. The fourth-order valence-electron chi connectivity index (χ4n) is 5.38. The largest absolute Gasteiger partial charge is 0.508 e. The van der Waals surface area contributed by atoms with Crippen LogP contribution < -0.4 is 0 Å². The summed E-state index contributed by atoms with van der Waals surface area (Å²) in [6, 6.07) is 13.8. The van der Waals surface area contributed by atoms with Crippen molar-refractivity contribution < 1.29 is 10.2 Å². The van der Waals surface area contributed by atoms with Crippen LogP contribution >= 0.6 is 0 Å². The molecule has 1 saturated carbocycles. The Hall–Kier alpha value is -2.22. The third-order valence-corrected chi connectivity index (χ3v) is 6.75. The van der Waals surface area contributed by atoms with Gasteiger partial charge in [-0.3, -0.25) is 0 Å². The normalized spacial score (nSPS) is 25.8. The standard InChI is InChI=1S/C25H30O2/c1-2-3-4-18-13-14-25(17-19-5-9-22(26)10-6-19)21(15-18)8-7-20-16-23(27)11-12-24(20)25/h4-6,9-12,16,21,26-27H,2-3,7-8,13-15,17H2,1H3/t21?,25-/m0/s1. The van der Waals surface area contributed by atoms with Crippen LogP contribution in [-0.2, 0) is 18.3 Å². The highest BCUT2D eigenvalue weighted by Crippen LogP contribution is 2.53. The van der Waals surface area contributed by atoms with Crippen molar-refractivity contribution >= 4 is 0 Å². The van der Waals surface area contributed by atoms with E-state index in [0.717, 1.165) is 12.8 Å². The lowest BCUT2D eigenvalue weighted by Gasteiger charge is -2.50. The first kappa shape index (κ1) is 18.2. The van der Waals surface area contributed by atoms with Gasteiger partial charge < -0.3 is 10.2 Å². The summed E-state index contributed by atoms with van der Waals surface area (Å²) >= 11 is 0. The maximum Gasteiger partial charge on any atom is 0.115 e. The summed E-state index contributed by atoms with van der Waals surface area (Å²) in [5.74, 6) is 1.36. The van der Waals surface area contributed by atoms with Crippen LogP contribution in [0, 0.1) is 5.92 Å². The molecular formula is C25H30O2. The molecule has 2 aromatic rings. The zero-order chi connectivity index (χ0) is 18.9. The number of benzene rings is 2. The van der Waals surface area contributed by atoms with Gasteiger partial charge in [0.25, 0.3) is 0 Å². The number of aromatic hydroxyl groups is 2. The molecule has 4 rings (SSSR count). The fourth-order valence-corrected chi connectivity index (χ4v) is 5.38. The van der Waals surface area contributed by atoms with E-state index in [9.17, 15) is 10.2 Å². The number of fused-ring (bicyclic) bond motifs is 3. The van der Waals surface area contributed by atoms with Crippen LogP contribution in [0.2, 0.25) is 0 Å². The molecule has 2 aromatic carbocycles. The number of aryl methyl sites for hydroxylation is 1. The van der Waals surface area contributed by atoms with Gasteiger partial charge in [0.05, 0.1) is 0 Å². The number of rotatable bonds is 4. The van der Waals surface area contributed by atoms with E-state index in [1.165, 1.54) is 55.2 Å². The molecule has 0 radical (unpaired) electrons. The molecule has 0 bridgehead atoms. The van der Waals surface area contributed by atoms with Crippen LogP contribution in [0.1, 0.15) is 62.1 Å². The van der Waals surface area contributed by atoms with Crippen LogP contribution in [0.25, 0.3) is 0 Å². The third kappa shape index (κ3) is 3.50. The molecule has 2 nitrogen and oxygen atoms in total. The molecule has 0 saturated heterocycles. The Balaban J connectivity index is 1.73. The maximum absolute atomic E-state index is 9.99. The first-order valence-corrected chi connectivity index (χ1v) is 10.4. The third-order valence-electron chi connectivity index (χ3n) is 6.75. The van der Waals surface area contributed by atoms with Gasteiger partial charge in [0, 0.05) is 5.41 Å². The highest BCUT2D eigenvalue weighted by molar-refractivity contribution is 5.45. The molecule has 27 heavy (non-hydrogen) atoms. The Kier molecular flexibility index (Phi) is 4.99. The first-order valence-electron chi connectivity index (χ1n) is 10.4. The van der Waals surface area contributed by atoms with Crippen LogP contribution in [0.4, 0.5) is 0 Å². The van der Waals surface area contributed by atoms with E-state index in [1.54, 1.807) is 17.7 Å². The highest BCUT2D eigenvalue weighted by atomic mass is 16.3. The molecule has 142 valence electrons. The van der Waals surface area contributed by atoms with Crippen molar-refractivity contribution in [3.63, 3.8) is 0 Å². The van der Waals surface area contributed by atoms with E-state index in [-0.39, 0.29) is 5.41 Å². The molecule has 1 unspecified atom stereocenters. The van der Waals surface area contributed by atoms with Gasteiger partial charge in [-0.25, -0.2) is 0 Å². The smallest absolute Gasteiger partial charge is 0.115 e. The second-order valence-electron chi connectivity index (χ2n) is 8.43. The Morgan fingerprint density at radius 1 is 1.04 bits per heavy atom. The van der Waals surface area contributed by atoms with Crippen LogP contribution in [0.15, 0.2) is 54.1 Å². The van der Waals surface area contributed by atoms with Crippen molar-refractivity contribution in [3.8, 4) is 11.5 Å². The molecule has 0 aromatic heterocycles. The number of phenols is 2. The molecule has 2 heteroatoms. The summed E-state index contributed by atoms with van der Waals surface area (Å²) in [4.78, 5) is 0. The van der Waals surface area contributed by atoms with Crippen molar-refractivity contribution in [2.75, 3.05) is 0 Å². The van der Waals surface area contributed by atoms with Crippen molar-refractivity contribution in [2.24, 2.45) is 5.92 Å². The Bertz CT molecular complexity index is 834. The summed E-state index contributed by atoms with van der Waals surface area (Å²) in [6.07, 6.45) is 11.7. The van der Waals surface area contributed by atoms with Crippen LogP contribution in [0.3, 0.4) is 0 Å². The van der Waals surface area contributed by atoms with Gasteiger partial charge in [-0.1, -0.05) is 43.2 Å². The van der Waals surface area contributed by atoms with E-state index in [1.807, 2.05) is 12.1 Å².